The molecule has 122 valence electrons. The molecule has 8 heteroatoms. The van der Waals surface area contributed by atoms with Gasteiger partial charge in [0.25, 0.3) is 0 Å². The van der Waals surface area contributed by atoms with Gasteiger partial charge in [0.1, 0.15) is 0 Å². The van der Waals surface area contributed by atoms with Crippen LogP contribution in [-0.2, 0) is 0 Å². The van der Waals surface area contributed by atoms with Crippen LogP contribution >= 0.6 is 0 Å². The molecule has 0 aromatic heterocycles. The van der Waals surface area contributed by atoms with Gasteiger partial charge < -0.3 is 0 Å². The van der Waals surface area contributed by atoms with Crippen molar-refractivity contribution >= 4 is 0 Å². The van der Waals surface area contributed by atoms with Crippen molar-refractivity contribution in [1.82, 2.24) is 25.8 Å². The Morgan fingerprint density at radius 1 is 1.05 bits per heavy atom. The Morgan fingerprint density at radius 3 is 1.95 bits per heavy atom. The molecule has 0 bridgehead atoms. The Morgan fingerprint density at radius 2 is 1.60 bits per heavy atom. The van der Waals surface area contributed by atoms with Gasteiger partial charge in [-0.25, -0.2) is 15.8 Å². The molecule has 20 heavy (non-hydrogen) atoms. The van der Waals surface area contributed by atoms with Gasteiger partial charge in [0.05, 0.1) is 6.17 Å². The first-order valence-corrected chi connectivity index (χ1v) is 7.01. The Balaban J connectivity index is 4.54. The first kappa shape index (κ1) is 19.6. The van der Waals surface area contributed by atoms with Crippen LogP contribution in [0.2, 0.25) is 0 Å². The molecule has 0 saturated heterocycles. The quantitative estimate of drug-likeness (QED) is 0.363. The molecule has 0 aromatic rings. The van der Waals surface area contributed by atoms with E-state index in [0.29, 0.717) is 13.0 Å². The Kier molecular flexibility index (Phi) is 9.32. The third kappa shape index (κ3) is 8.01. The smallest absolute Gasteiger partial charge is 0.294 e. The van der Waals surface area contributed by atoms with Crippen molar-refractivity contribution in [2.75, 3.05) is 40.3 Å². The molecule has 0 aliphatic heterocycles. The fourth-order valence-corrected chi connectivity index (χ4v) is 1.96. The lowest BCUT2D eigenvalue weighted by Crippen LogP contribution is -2.54. The van der Waals surface area contributed by atoms with E-state index >= 15 is 0 Å². The van der Waals surface area contributed by atoms with Gasteiger partial charge in [0.15, 0.2) is 0 Å². The van der Waals surface area contributed by atoms with Crippen LogP contribution in [0, 0.1) is 0 Å². The van der Waals surface area contributed by atoms with Crippen molar-refractivity contribution in [2.24, 2.45) is 0 Å². The lowest BCUT2D eigenvalue weighted by molar-refractivity contribution is -0.175. The molecule has 0 spiro atoms. The second kappa shape index (κ2) is 9.51. The standard InChI is InChI=1S/C12H28F3N5/c1-6-16-20(19(7-2)8-3)10-9-11(18(4)5)17-12(13,14)15/h11,16-17H,6-10H2,1-5H3. The van der Waals surface area contributed by atoms with Crippen LogP contribution in [0.25, 0.3) is 0 Å². The van der Waals surface area contributed by atoms with Crippen molar-refractivity contribution in [1.29, 1.82) is 0 Å². The largest absolute Gasteiger partial charge is 0.458 e. The number of halogens is 3. The number of hydrogen-bond donors (Lipinski definition) is 2. The van der Waals surface area contributed by atoms with Crippen LogP contribution in [0.4, 0.5) is 13.2 Å². The van der Waals surface area contributed by atoms with Crippen molar-refractivity contribution in [3.05, 3.63) is 0 Å². The molecule has 0 radical (unpaired) electrons. The van der Waals surface area contributed by atoms with Gasteiger partial charge >= 0.3 is 6.30 Å². The zero-order chi connectivity index (χ0) is 15.8. The molecule has 0 rings (SSSR count). The van der Waals surface area contributed by atoms with Crippen molar-refractivity contribution in [3.63, 3.8) is 0 Å². The fraction of sp³-hybridized carbons (Fsp3) is 1.00. The zero-order valence-electron chi connectivity index (χ0n) is 13.1. The summed E-state index contributed by atoms with van der Waals surface area (Å²) in [7, 11) is 3.27. The highest BCUT2D eigenvalue weighted by molar-refractivity contribution is 4.67. The highest BCUT2D eigenvalue weighted by Gasteiger charge is 2.32. The van der Waals surface area contributed by atoms with E-state index in [2.05, 4.69) is 10.4 Å². The molecule has 2 N–H and O–H groups in total. The summed E-state index contributed by atoms with van der Waals surface area (Å²) in [6.45, 7) is 8.85. The lowest BCUT2D eigenvalue weighted by Gasteiger charge is -2.35. The summed E-state index contributed by atoms with van der Waals surface area (Å²) in [4.78, 5) is 1.54. The summed E-state index contributed by atoms with van der Waals surface area (Å²) in [5.74, 6) is 0. The van der Waals surface area contributed by atoms with Crippen LogP contribution in [-0.4, -0.2) is 67.8 Å². The maximum absolute atomic E-state index is 12.5. The monoisotopic (exact) mass is 299 g/mol. The molecule has 0 heterocycles. The molecule has 0 saturated carbocycles. The lowest BCUT2D eigenvalue weighted by atomic mass is 10.3. The second-order valence-electron chi connectivity index (χ2n) is 4.68. The maximum Gasteiger partial charge on any atom is 0.458 e. The molecule has 0 amide bonds. The minimum atomic E-state index is -4.37. The average molecular weight is 299 g/mol. The minimum Gasteiger partial charge on any atom is -0.294 e. The van der Waals surface area contributed by atoms with Crippen LogP contribution in [0.15, 0.2) is 0 Å². The molecule has 0 aliphatic rings. The fourth-order valence-electron chi connectivity index (χ4n) is 1.96. The number of nitrogens with one attached hydrogen (secondary N) is 2. The summed E-state index contributed by atoms with van der Waals surface area (Å²) < 4.78 is 37.4. The third-order valence-electron chi connectivity index (χ3n) is 2.98. The average Bonchev–Trinajstić information content (AvgIpc) is 2.33. The molecule has 1 atom stereocenters. The van der Waals surface area contributed by atoms with Crippen molar-refractivity contribution in [3.8, 4) is 0 Å². The summed E-state index contributed by atoms with van der Waals surface area (Å²) in [5.41, 5.74) is 3.17. The first-order chi connectivity index (χ1) is 9.25. The van der Waals surface area contributed by atoms with Gasteiger partial charge in [0, 0.05) is 26.2 Å². The van der Waals surface area contributed by atoms with Gasteiger partial charge in [-0.3, -0.25) is 4.90 Å². The Labute approximate surface area is 120 Å². The normalized spacial score (nSPS) is 14.6. The molecular formula is C12H28F3N5. The molecule has 0 fully saturated rings. The maximum atomic E-state index is 12.5. The second-order valence-corrected chi connectivity index (χ2v) is 4.68. The highest BCUT2D eigenvalue weighted by Crippen LogP contribution is 2.13. The number of hydrogen-bond acceptors (Lipinski definition) is 5. The first-order valence-electron chi connectivity index (χ1n) is 7.01. The molecular weight excluding hydrogens is 271 g/mol. The van der Waals surface area contributed by atoms with Crippen LogP contribution in [0.3, 0.4) is 0 Å². The van der Waals surface area contributed by atoms with Crippen LogP contribution in [0.1, 0.15) is 27.2 Å². The van der Waals surface area contributed by atoms with Gasteiger partial charge in [-0.2, -0.15) is 18.3 Å². The summed E-state index contributed by atoms with van der Waals surface area (Å²) in [5, 5.41) is 5.64. The molecule has 5 nitrogen and oxygen atoms in total. The van der Waals surface area contributed by atoms with E-state index in [4.69, 9.17) is 0 Å². The number of rotatable bonds is 10. The molecule has 0 aromatic carbocycles. The van der Waals surface area contributed by atoms with E-state index in [1.54, 1.807) is 24.3 Å². The topological polar surface area (TPSA) is 33.8 Å². The predicted molar refractivity (Wildman–Crippen MR) is 74.6 cm³/mol. The van der Waals surface area contributed by atoms with Gasteiger partial charge in [-0.05, 0) is 20.5 Å². The van der Waals surface area contributed by atoms with Gasteiger partial charge in [-0.15, -0.1) is 0 Å². The SMILES string of the molecule is CCNN(CCC(NC(F)(F)F)N(C)C)N(CC)CC. The van der Waals surface area contributed by atoms with Crippen LogP contribution in [0.5, 0.6) is 0 Å². The Hall–Kier alpha value is -0.410. The van der Waals surface area contributed by atoms with Gasteiger partial charge in [-0.1, -0.05) is 20.8 Å². The Bertz CT molecular complexity index is 242. The molecule has 0 aliphatic carbocycles. The minimum absolute atomic E-state index is 0.357. The van der Waals surface area contributed by atoms with E-state index in [1.807, 2.05) is 25.9 Å². The highest BCUT2D eigenvalue weighted by atomic mass is 19.4. The van der Waals surface area contributed by atoms with Crippen molar-refractivity contribution in [2.45, 2.75) is 39.7 Å². The van der Waals surface area contributed by atoms with Gasteiger partial charge in [0.2, 0.25) is 0 Å². The molecule has 1 unspecified atom stereocenters. The zero-order valence-corrected chi connectivity index (χ0v) is 13.1. The number of nitrogens with zero attached hydrogens (tertiary/aromatic N) is 3. The summed E-state index contributed by atoms with van der Waals surface area (Å²) in [6.07, 6.45) is -4.75. The van der Waals surface area contributed by atoms with E-state index in [-0.39, 0.29) is 0 Å². The van der Waals surface area contributed by atoms with E-state index in [9.17, 15) is 13.2 Å². The number of alkyl halides is 3. The van der Waals surface area contributed by atoms with E-state index in [1.165, 1.54) is 0 Å². The summed E-state index contributed by atoms with van der Waals surface area (Å²) >= 11 is 0. The third-order valence-corrected chi connectivity index (χ3v) is 2.98. The number of hydrazine groups is 2. The van der Waals surface area contributed by atoms with E-state index in [0.717, 1.165) is 19.6 Å². The van der Waals surface area contributed by atoms with Crippen LogP contribution < -0.4 is 10.7 Å². The van der Waals surface area contributed by atoms with Crippen molar-refractivity contribution < 1.29 is 13.2 Å². The van der Waals surface area contributed by atoms with E-state index < -0.39 is 12.5 Å². The predicted octanol–water partition coefficient (Wildman–Crippen LogP) is 1.46. The summed E-state index contributed by atoms with van der Waals surface area (Å²) in [6, 6.07) is 0.